The quantitative estimate of drug-likeness (QED) is 0.903. The van der Waals surface area contributed by atoms with Gasteiger partial charge < -0.3 is 9.84 Å². The number of aliphatic carboxylic acids is 1. The molecule has 1 aromatic carbocycles. The van der Waals surface area contributed by atoms with E-state index >= 15 is 0 Å². The minimum atomic E-state index is -1.02. The van der Waals surface area contributed by atoms with Gasteiger partial charge in [-0.2, -0.15) is 0 Å². The molecule has 1 amide bonds. The summed E-state index contributed by atoms with van der Waals surface area (Å²) in [4.78, 5) is 25.0. The average molecular weight is 326 g/mol. The second-order valence-electron chi connectivity index (χ2n) is 6.47. The van der Waals surface area contributed by atoms with E-state index in [1.165, 1.54) is 4.90 Å². The Morgan fingerprint density at radius 3 is 2.59 bits per heavy atom. The monoisotopic (exact) mass is 325 g/mol. The van der Waals surface area contributed by atoms with Gasteiger partial charge in [0, 0.05) is 17.5 Å². The molecule has 1 aliphatic heterocycles. The molecule has 0 radical (unpaired) electrons. The van der Waals surface area contributed by atoms with Gasteiger partial charge in [-0.05, 0) is 44.9 Å². The summed E-state index contributed by atoms with van der Waals surface area (Å²) >= 11 is 5.99. The summed E-state index contributed by atoms with van der Waals surface area (Å²) < 4.78 is 5.31. The number of carbonyl (C=O) groups excluding carboxylic acids is 1. The van der Waals surface area contributed by atoms with Gasteiger partial charge in [0.15, 0.2) is 0 Å². The summed E-state index contributed by atoms with van der Waals surface area (Å²) in [6.45, 7) is 5.58. The van der Waals surface area contributed by atoms with Crippen LogP contribution in [0.4, 0.5) is 4.79 Å². The van der Waals surface area contributed by atoms with E-state index in [0.29, 0.717) is 18.0 Å². The molecule has 1 heterocycles. The zero-order valence-corrected chi connectivity index (χ0v) is 13.6. The summed E-state index contributed by atoms with van der Waals surface area (Å²) in [5.74, 6) is -1.08. The SMILES string of the molecule is CC(C)(C)OC(=O)N1CC(c2cccc(Cl)c2)CC1C(=O)O. The lowest BCUT2D eigenvalue weighted by Crippen LogP contribution is -2.43. The van der Waals surface area contributed by atoms with E-state index in [0.717, 1.165) is 5.56 Å². The van der Waals surface area contributed by atoms with Crippen LogP contribution < -0.4 is 0 Å². The first-order chi connectivity index (χ1) is 10.2. The second-order valence-corrected chi connectivity index (χ2v) is 6.91. The number of ether oxygens (including phenoxy) is 1. The van der Waals surface area contributed by atoms with Gasteiger partial charge in [0.1, 0.15) is 11.6 Å². The maximum Gasteiger partial charge on any atom is 0.411 e. The number of carbonyl (C=O) groups is 2. The van der Waals surface area contributed by atoms with Gasteiger partial charge in [-0.1, -0.05) is 23.7 Å². The molecule has 1 fully saturated rings. The van der Waals surface area contributed by atoms with Crippen molar-refractivity contribution in [2.24, 2.45) is 0 Å². The van der Waals surface area contributed by atoms with Gasteiger partial charge in [-0.25, -0.2) is 9.59 Å². The first-order valence-electron chi connectivity index (χ1n) is 7.15. The van der Waals surface area contributed by atoms with E-state index < -0.39 is 23.7 Å². The Hall–Kier alpha value is -1.75. The van der Waals surface area contributed by atoms with Gasteiger partial charge in [0.2, 0.25) is 0 Å². The van der Waals surface area contributed by atoms with Gasteiger partial charge in [0.05, 0.1) is 0 Å². The van der Waals surface area contributed by atoms with Gasteiger partial charge in [-0.15, -0.1) is 0 Å². The van der Waals surface area contributed by atoms with Gasteiger partial charge >= 0.3 is 12.1 Å². The molecule has 6 heteroatoms. The van der Waals surface area contributed by atoms with E-state index in [-0.39, 0.29) is 5.92 Å². The number of amides is 1. The molecule has 22 heavy (non-hydrogen) atoms. The van der Waals surface area contributed by atoms with Crippen molar-refractivity contribution in [2.45, 2.75) is 44.8 Å². The second kappa shape index (κ2) is 6.16. The normalized spacial score (nSPS) is 21.7. The molecule has 1 N–H and O–H groups in total. The summed E-state index contributed by atoms with van der Waals surface area (Å²) in [7, 11) is 0. The van der Waals surface area contributed by atoms with Crippen LogP contribution in [0.15, 0.2) is 24.3 Å². The van der Waals surface area contributed by atoms with Crippen molar-refractivity contribution in [3.63, 3.8) is 0 Å². The number of nitrogens with zero attached hydrogens (tertiary/aromatic N) is 1. The van der Waals surface area contributed by atoms with Crippen LogP contribution in [0.2, 0.25) is 5.02 Å². The van der Waals surface area contributed by atoms with E-state index in [4.69, 9.17) is 16.3 Å². The van der Waals surface area contributed by atoms with Crippen molar-refractivity contribution in [3.05, 3.63) is 34.9 Å². The zero-order chi connectivity index (χ0) is 16.5. The highest BCUT2D eigenvalue weighted by atomic mass is 35.5. The molecule has 0 saturated carbocycles. The Kier molecular flexibility index (Phi) is 4.66. The molecule has 1 aliphatic rings. The van der Waals surface area contributed by atoms with Crippen molar-refractivity contribution in [1.29, 1.82) is 0 Å². The Bertz CT molecular complexity index is 582. The fourth-order valence-electron chi connectivity index (χ4n) is 2.59. The summed E-state index contributed by atoms with van der Waals surface area (Å²) in [5.41, 5.74) is 0.277. The molecule has 0 bridgehead atoms. The Morgan fingerprint density at radius 1 is 1.36 bits per heavy atom. The van der Waals surface area contributed by atoms with Crippen molar-refractivity contribution in [2.75, 3.05) is 6.54 Å². The largest absolute Gasteiger partial charge is 0.480 e. The molecule has 120 valence electrons. The molecule has 2 unspecified atom stereocenters. The molecule has 1 aromatic rings. The standard InChI is InChI=1S/C16H20ClNO4/c1-16(2,3)22-15(21)18-9-11(8-13(18)14(19)20)10-5-4-6-12(17)7-10/h4-7,11,13H,8-9H2,1-3H3,(H,19,20). The predicted molar refractivity (Wildman–Crippen MR) is 83.2 cm³/mol. The Labute approximate surface area is 134 Å². The highest BCUT2D eigenvalue weighted by Gasteiger charge is 2.42. The lowest BCUT2D eigenvalue weighted by atomic mass is 9.96. The third kappa shape index (κ3) is 3.91. The van der Waals surface area contributed by atoms with Crippen LogP contribution in [-0.2, 0) is 9.53 Å². The van der Waals surface area contributed by atoms with Gasteiger partial charge in [0.25, 0.3) is 0 Å². The molecule has 0 aromatic heterocycles. The van der Waals surface area contributed by atoms with Crippen LogP contribution in [0.25, 0.3) is 0 Å². The number of carboxylic acid groups (broad SMARTS) is 1. The number of likely N-dealkylation sites (tertiary alicyclic amines) is 1. The average Bonchev–Trinajstić information content (AvgIpc) is 2.82. The van der Waals surface area contributed by atoms with E-state index in [9.17, 15) is 14.7 Å². The van der Waals surface area contributed by atoms with Crippen LogP contribution in [0.1, 0.15) is 38.7 Å². The van der Waals surface area contributed by atoms with Crippen LogP contribution >= 0.6 is 11.6 Å². The predicted octanol–water partition coefficient (Wildman–Crippen LogP) is 3.52. The fourth-order valence-corrected chi connectivity index (χ4v) is 2.79. The van der Waals surface area contributed by atoms with E-state index in [2.05, 4.69) is 0 Å². The number of benzene rings is 1. The number of hydrogen-bond donors (Lipinski definition) is 1. The van der Waals surface area contributed by atoms with Crippen molar-refractivity contribution in [1.82, 2.24) is 4.90 Å². The smallest absolute Gasteiger partial charge is 0.411 e. The minimum absolute atomic E-state index is 0.0627. The summed E-state index contributed by atoms with van der Waals surface area (Å²) in [6.07, 6.45) is -0.237. The molecular weight excluding hydrogens is 306 g/mol. The van der Waals surface area contributed by atoms with Crippen LogP contribution in [0.5, 0.6) is 0 Å². The number of carboxylic acids is 1. The van der Waals surface area contributed by atoms with E-state index in [1.54, 1.807) is 26.8 Å². The van der Waals surface area contributed by atoms with Crippen LogP contribution in [0.3, 0.4) is 0 Å². The van der Waals surface area contributed by atoms with Crippen LogP contribution in [0, 0.1) is 0 Å². The topological polar surface area (TPSA) is 66.8 Å². The maximum absolute atomic E-state index is 12.2. The number of hydrogen-bond acceptors (Lipinski definition) is 3. The third-order valence-electron chi connectivity index (χ3n) is 3.53. The molecule has 0 aliphatic carbocycles. The molecule has 5 nitrogen and oxygen atoms in total. The molecule has 2 atom stereocenters. The number of rotatable bonds is 2. The van der Waals surface area contributed by atoms with Crippen molar-refractivity contribution >= 4 is 23.7 Å². The van der Waals surface area contributed by atoms with Gasteiger partial charge in [-0.3, -0.25) is 4.90 Å². The summed E-state index contributed by atoms with van der Waals surface area (Å²) in [5, 5.41) is 9.97. The molecular formula is C16H20ClNO4. The van der Waals surface area contributed by atoms with E-state index in [1.807, 2.05) is 18.2 Å². The third-order valence-corrected chi connectivity index (χ3v) is 3.77. The first kappa shape index (κ1) is 16.6. The lowest BCUT2D eigenvalue weighted by molar-refractivity contribution is -0.142. The highest BCUT2D eigenvalue weighted by molar-refractivity contribution is 6.30. The first-order valence-corrected chi connectivity index (χ1v) is 7.53. The molecule has 1 saturated heterocycles. The maximum atomic E-state index is 12.2. The van der Waals surface area contributed by atoms with Crippen molar-refractivity contribution in [3.8, 4) is 0 Å². The fraction of sp³-hybridized carbons (Fsp3) is 0.500. The lowest BCUT2D eigenvalue weighted by Gasteiger charge is -2.26. The Balaban J connectivity index is 2.19. The Morgan fingerprint density at radius 2 is 2.05 bits per heavy atom. The minimum Gasteiger partial charge on any atom is -0.480 e. The zero-order valence-electron chi connectivity index (χ0n) is 12.9. The van der Waals surface area contributed by atoms with Crippen LogP contribution in [-0.4, -0.2) is 40.3 Å². The summed E-state index contributed by atoms with van der Waals surface area (Å²) in [6, 6.07) is 6.42. The highest BCUT2D eigenvalue weighted by Crippen LogP contribution is 2.33. The number of halogens is 1. The molecule has 2 rings (SSSR count). The molecule has 0 spiro atoms. The van der Waals surface area contributed by atoms with Crippen molar-refractivity contribution < 1.29 is 19.4 Å².